The molecule has 124 valence electrons. The number of methoxy groups -OCH3 is 1. The summed E-state index contributed by atoms with van der Waals surface area (Å²) < 4.78 is 10.8. The lowest BCUT2D eigenvalue weighted by Crippen LogP contribution is -2.38. The second-order valence-corrected chi connectivity index (χ2v) is 7.09. The van der Waals surface area contributed by atoms with Crippen molar-refractivity contribution in [2.75, 3.05) is 20.2 Å². The molecule has 0 spiro atoms. The molecule has 1 aliphatic rings. The second kappa shape index (κ2) is 7.43. The molecule has 1 fully saturated rings. The number of furan rings is 1. The van der Waals surface area contributed by atoms with E-state index >= 15 is 0 Å². The van der Waals surface area contributed by atoms with Gasteiger partial charge in [0.25, 0.3) is 0 Å². The number of ketones is 1. The predicted octanol–water partition coefficient (Wildman–Crippen LogP) is 3.89. The molecule has 0 amide bonds. The normalized spacial score (nSPS) is 19.1. The van der Waals surface area contributed by atoms with Crippen LogP contribution in [0.25, 0.3) is 0 Å². The summed E-state index contributed by atoms with van der Waals surface area (Å²) in [6.45, 7) is 5.12. The standard InChI is InChI=1S/C18H23NO3S/c1-13-7-9-23-18(13)17(20)14-4-3-8-19(10-14)11-15-5-6-16(22-15)12-21-2/h5-7,9,14H,3-4,8,10-12H2,1-2H3/t14-/m1/s1. The van der Waals surface area contributed by atoms with Gasteiger partial charge in [0.2, 0.25) is 0 Å². The summed E-state index contributed by atoms with van der Waals surface area (Å²) in [7, 11) is 1.66. The molecule has 0 aliphatic carbocycles. The molecule has 5 heteroatoms. The number of piperidine rings is 1. The Hall–Kier alpha value is -1.43. The van der Waals surface area contributed by atoms with Crippen LogP contribution in [-0.4, -0.2) is 30.9 Å². The smallest absolute Gasteiger partial charge is 0.177 e. The van der Waals surface area contributed by atoms with E-state index in [1.54, 1.807) is 18.4 Å². The maximum absolute atomic E-state index is 12.7. The lowest BCUT2D eigenvalue weighted by Gasteiger charge is -2.31. The number of ether oxygens (including phenoxy) is 1. The highest BCUT2D eigenvalue weighted by Gasteiger charge is 2.28. The van der Waals surface area contributed by atoms with Gasteiger partial charge in [-0.1, -0.05) is 0 Å². The van der Waals surface area contributed by atoms with E-state index in [4.69, 9.17) is 9.15 Å². The molecule has 0 radical (unpaired) electrons. The number of rotatable bonds is 6. The molecule has 1 aliphatic heterocycles. The number of likely N-dealkylation sites (tertiary alicyclic amines) is 1. The average Bonchev–Trinajstić information content (AvgIpc) is 3.16. The lowest BCUT2D eigenvalue weighted by molar-refractivity contribution is 0.0804. The molecule has 1 atom stereocenters. The third kappa shape index (κ3) is 3.91. The van der Waals surface area contributed by atoms with E-state index in [-0.39, 0.29) is 5.92 Å². The zero-order valence-electron chi connectivity index (χ0n) is 13.7. The van der Waals surface area contributed by atoms with Gasteiger partial charge in [0.05, 0.1) is 11.4 Å². The zero-order valence-corrected chi connectivity index (χ0v) is 14.5. The summed E-state index contributed by atoms with van der Waals surface area (Å²) in [5.74, 6) is 2.20. The Kier molecular flexibility index (Phi) is 5.30. The number of carbonyl (C=O) groups is 1. The van der Waals surface area contributed by atoms with Crippen molar-refractivity contribution in [1.29, 1.82) is 0 Å². The van der Waals surface area contributed by atoms with Crippen LogP contribution in [-0.2, 0) is 17.9 Å². The van der Waals surface area contributed by atoms with Crippen molar-refractivity contribution in [3.05, 3.63) is 45.5 Å². The van der Waals surface area contributed by atoms with E-state index in [0.29, 0.717) is 12.4 Å². The topological polar surface area (TPSA) is 42.7 Å². The van der Waals surface area contributed by atoms with Gasteiger partial charge in [-0.05, 0) is 55.5 Å². The number of aryl methyl sites for hydroxylation is 1. The van der Waals surface area contributed by atoms with E-state index in [2.05, 4.69) is 4.90 Å². The zero-order chi connectivity index (χ0) is 16.2. The Bertz CT molecular complexity index is 661. The molecule has 3 heterocycles. The number of carbonyl (C=O) groups excluding carboxylic acids is 1. The summed E-state index contributed by atoms with van der Waals surface area (Å²) in [5.41, 5.74) is 1.10. The average molecular weight is 333 g/mol. The van der Waals surface area contributed by atoms with Crippen LogP contribution in [0.2, 0.25) is 0 Å². The van der Waals surface area contributed by atoms with Gasteiger partial charge < -0.3 is 9.15 Å². The molecule has 2 aromatic rings. The SMILES string of the molecule is COCc1ccc(CN2CCC[C@@H](C(=O)c3sccc3C)C2)o1. The first-order valence-electron chi connectivity index (χ1n) is 8.04. The van der Waals surface area contributed by atoms with Gasteiger partial charge in [0.15, 0.2) is 5.78 Å². The van der Waals surface area contributed by atoms with Crippen molar-refractivity contribution in [2.24, 2.45) is 5.92 Å². The first-order chi connectivity index (χ1) is 11.2. The highest BCUT2D eigenvalue weighted by atomic mass is 32.1. The van der Waals surface area contributed by atoms with E-state index in [9.17, 15) is 4.79 Å². The van der Waals surface area contributed by atoms with Crippen LogP contribution in [0, 0.1) is 12.8 Å². The van der Waals surface area contributed by atoms with Crippen LogP contribution in [0.5, 0.6) is 0 Å². The minimum absolute atomic E-state index is 0.106. The maximum atomic E-state index is 12.7. The second-order valence-electron chi connectivity index (χ2n) is 6.17. The summed E-state index contributed by atoms with van der Waals surface area (Å²) in [5, 5.41) is 2.00. The number of thiophene rings is 1. The van der Waals surface area contributed by atoms with Gasteiger partial charge in [0, 0.05) is 19.6 Å². The minimum Gasteiger partial charge on any atom is -0.462 e. The Balaban J connectivity index is 1.61. The summed E-state index contributed by atoms with van der Waals surface area (Å²) in [6, 6.07) is 5.99. The summed E-state index contributed by atoms with van der Waals surface area (Å²) >= 11 is 1.56. The first-order valence-corrected chi connectivity index (χ1v) is 8.92. The fourth-order valence-electron chi connectivity index (χ4n) is 3.17. The van der Waals surface area contributed by atoms with Gasteiger partial charge in [-0.3, -0.25) is 9.69 Å². The summed E-state index contributed by atoms with van der Waals surface area (Å²) in [4.78, 5) is 16.0. The Morgan fingerprint density at radius 2 is 2.22 bits per heavy atom. The van der Waals surface area contributed by atoms with Gasteiger partial charge in [0.1, 0.15) is 18.1 Å². The van der Waals surface area contributed by atoms with Gasteiger partial charge >= 0.3 is 0 Å². The van der Waals surface area contributed by atoms with Gasteiger partial charge in [-0.15, -0.1) is 11.3 Å². The number of hydrogen-bond acceptors (Lipinski definition) is 5. The molecule has 0 unspecified atom stereocenters. The molecule has 3 rings (SSSR count). The third-order valence-electron chi connectivity index (χ3n) is 4.35. The maximum Gasteiger partial charge on any atom is 0.177 e. The highest BCUT2D eigenvalue weighted by Crippen LogP contribution is 2.26. The minimum atomic E-state index is 0.106. The Morgan fingerprint density at radius 3 is 2.96 bits per heavy atom. The molecule has 23 heavy (non-hydrogen) atoms. The van der Waals surface area contributed by atoms with Crippen LogP contribution >= 0.6 is 11.3 Å². The fourth-order valence-corrected chi connectivity index (χ4v) is 4.12. The van der Waals surface area contributed by atoms with E-state index in [0.717, 1.165) is 54.4 Å². The van der Waals surface area contributed by atoms with Crippen LogP contribution in [0.3, 0.4) is 0 Å². The Morgan fingerprint density at radius 1 is 1.39 bits per heavy atom. The molecule has 0 aromatic carbocycles. The molecular formula is C18H23NO3S. The van der Waals surface area contributed by atoms with Crippen LogP contribution in [0.4, 0.5) is 0 Å². The van der Waals surface area contributed by atoms with Gasteiger partial charge in [-0.2, -0.15) is 0 Å². The van der Waals surface area contributed by atoms with E-state index in [1.165, 1.54) is 0 Å². The largest absolute Gasteiger partial charge is 0.462 e. The van der Waals surface area contributed by atoms with E-state index in [1.807, 2.05) is 30.5 Å². The predicted molar refractivity (Wildman–Crippen MR) is 90.8 cm³/mol. The third-order valence-corrected chi connectivity index (χ3v) is 5.38. The van der Waals surface area contributed by atoms with Crippen molar-refractivity contribution < 1.29 is 13.9 Å². The van der Waals surface area contributed by atoms with Crippen LogP contribution in [0.15, 0.2) is 28.0 Å². The monoisotopic (exact) mass is 333 g/mol. The first kappa shape index (κ1) is 16.4. The van der Waals surface area contributed by atoms with Gasteiger partial charge in [-0.25, -0.2) is 0 Å². The number of Topliss-reactive ketones (excluding diaryl/α,β-unsaturated/α-hetero) is 1. The van der Waals surface area contributed by atoms with Crippen molar-refractivity contribution >= 4 is 17.1 Å². The van der Waals surface area contributed by atoms with Crippen molar-refractivity contribution in [3.8, 4) is 0 Å². The summed E-state index contributed by atoms with van der Waals surface area (Å²) in [6.07, 6.45) is 2.05. The van der Waals surface area contributed by atoms with Crippen molar-refractivity contribution in [2.45, 2.75) is 32.9 Å². The van der Waals surface area contributed by atoms with Crippen molar-refractivity contribution in [1.82, 2.24) is 4.90 Å². The molecule has 4 nitrogen and oxygen atoms in total. The lowest BCUT2D eigenvalue weighted by atomic mass is 9.92. The number of nitrogens with zero attached hydrogens (tertiary/aromatic N) is 1. The Labute approximate surface area is 141 Å². The molecule has 1 saturated heterocycles. The molecule has 0 N–H and O–H groups in total. The van der Waals surface area contributed by atoms with Crippen molar-refractivity contribution in [3.63, 3.8) is 0 Å². The molecular weight excluding hydrogens is 310 g/mol. The van der Waals surface area contributed by atoms with Crippen LogP contribution < -0.4 is 0 Å². The quantitative estimate of drug-likeness (QED) is 0.752. The molecule has 2 aromatic heterocycles. The fraction of sp³-hybridized carbons (Fsp3) is 0.500. The number of hydrogen-bond donors (Lipinski definition) is 0. The highest BCUT2D eigenvalue weighted by molar-refractivity contribution is 7.12. The molecule has 0 bridgehead atoms. The molecule has 0 saturated carbocycles. The van der Waals surface area contributed by atoms with E-state index < -0.39 is 0 Å². The van der Waals surface area contributed by atoms with Crippen LogP contribution in [0.1, 0.15) is 39.6 Å².